The molecule has 0 aromatic heterocycles. The van der Waals surface area contributed by atoms with Gasteiger partial charge in [-0.3, -0.25) is 4.79 Å². The molecule has 0 spiro atoms. The maximum Gasteiger partial charge on any atom is 0.316 e. The van der Waals surface area contributed by atoms with Crippen LogP contribution in [-0.2, 0) is 11.2 Å². The quantitative estimate of drug-likeness (QED) is 0.512. The second-order valence-corrected chi connectivity index (χ2v) is 8.82. The number of nitrogens with zero attached hydrogens (tertiary/aromatic N) is 1. The molecule has 2 aromatic rings. The maximum absolute atomic E-state index is 13.3. The number of likely N-dealkylation sites (tertiary alicyclic amines) is 1. The van der Waals surface area contributed by atoms with E-state index >= 15 is 0 Å². The third-order valence-electron chi connectivity index (χ3n) is 5.97. The van der Waals surface area contributed by atoms with Crippen molar-refractivity contribution in [1.29, 1.82) is 0 Å². The lowest BCUT2D eigenvalue weighted by Gasteiger charge is -2.42. The van der Waals surface area contributed by atoms with Gasteiger partial charge in [-0.2, -0.15) is 0 Å². The van der Waals surface area contributed by atoms with Crippen molar-refractivity contribution in [3.63, 3.8) is 0 Å². The molecular formula is C24H30ClFN4O3. The van der Waals surface area contributed by atoms with Gasteiger partial charge < -0.3 is 26.0 Å². The van der Waals surface area contributed by atoms with Crippen molar-refractivity contribution in [1.82, 2.24) is 10.2 Å². The maximum atomic E-state index is 13.3. The number of urea groups is 1. The van der Waals surface area contributed by atoms with Crippen LogP contribution in [0.15, 0.2) is 42.5 Å². The molecule has 0 saturated carbocycles. The van der Waals surface area contributed by atoms with E-state index in [1.807, 2.05) is 12.1 Å². The second kappa shape index (κ2) is 11.3. The average Bonchev–Trinajstić information content (AvgIpc) is 2.79. The number of carbonyl (C=O) groups is 2. The summed E-state index contributed by atoms with van der Waals surface area (Å²) in [7, 11) is 0. The lowest BCUT2D eigenvalue weighted by Crippen LogP contribution is -2.49. The van der Waals surface area contributed by atoms with Gasteiger partial charge in [0, 0.05) is 24.7 Å². The van der Waals surface area contributed by atoms with Gasteiger partial charge >= 0.3 is 6.03 Å². The zero-order valence-corrected chi connectivity index (χ0v) is 19.5. The fraction of sp³-hybridized carbons (Fsp3) is 0.417. The first-order valence-electron chi connectivity index (χ1n) is 11.0. The molecule has 0 unspecified atom stereocenters. The van der Waals surface area contributed by atoms with Crippen LogP contribution in [0.25, 0.3) is 0 Å². The minimum atomic E-state index is -0.748. The highest BCUT2D eigenvalue weighted by Gasteiger charge is 2.35. The number of hydrogen-bond acceptors (Lipinski definition) is 4. The molecule has 0 radical (unpaired) electrons. The first-order valence-corrected chi connectivity index (χ1v) is 11.4. The van der Waals surface area contributed by atoms with Crippen LogP contribution in [-0.4, -0.2) is 49.6 Å². The lowest BCUT2D eigenvalue weighted by atomic mass is 9.73. The highest BCUT2D eigenvalue weighted by atomic mass is 35.5. The molecule has 178 valence electrons. The van der Waals surface area contributed by atoms with Crippen molar-refractivity contribution in [2.75, 3.05) is 38.1 Å². The smallest absolute Gasteiger partial charge is 0.316 e. The summed E-state index contributed by atoms with van der Waals surface area (Å²) in [5.41, 5.74) is 6.59. The van der Waals surface area contributed by atoms with Gasteiger partial charge in [0.15, 0.2) is 6.61 Å². The molecule has 1 heterocycles. The van der Waals surface area contributed by atoms with Crippen LogP contribution in [0.2, 0.25) is 5.02 Å². The number of amides is 3. The Morgan fingerprint density at radius 3 is 2.52 bits per heavy atom. The SMILES string of the molecule is CCNCC1(Cc2ccc(F)cc2)CCN(C(=O)COc2ccc(Cl)cc2NC(N)=O)CC1. The molecule has 1 aliphatic rings. The Balaban J connectivity index is 1.59. The fourth-order valence-electron chi connectivity index (χ4n) is 4.16. The summed E-state index contributed by atoms with van der Waals surface area (Å²) in [6, 6.07) is 10.6. The van der Waals surface area contributed by atoms with Crippen molar-refractivity contribution in [3.8, 4) is 5.75 Å². The van der Waals surface area contributed by atoms with Crippen LogP contribution < -0.4 is 21.1 Å². The molecule has 7 nitrogen and oxygen atoms in total. The van der Waals surface area contributed by atoms with Gasteiger partial charge in [-0.1, -0.05) is 30.7 Å². The molecule has 3 amide bonds. The number of piperidine rings is 1. The minimum absolute atomic E-state index is 0.000231. The number of nitrogens with two attached hydrogens (primary N) is 1. The van der Waals surface area contributed by atoms with Crippen LogP contribution in [0.4, 0.5) is 14.9 Å². The van der Waals surface area contributed by atoms with Crippen molar-refractivity contribution in [2.45, 2.75) is 26.2 Å². The van der Waals surface area contributed by atoms with E-state index in [0.717, 1.165) is 37.9 Å². The number of carbonyl (C=O) groups excluding carboxylic acids is 2. The number of primary amides is 1. The Labute approximate surface area is 198 Å². The Bertz CT molecular complexity index is 963. The van der Waals surface area contributed by atoms with Gasteiger partial charge in [0.25, 0.3) is 5.91 Å². The average molecular weight is 477 g/mol. The summed E-state index contributed by atoms with van der Waals surface area (Å²) >= 11 is 5.97. The molecule has 0 aliphatic carbocycles. The minimum Gasteiger partial charge on any atom is -0.482 e. The number of benzene rings is 2. The monoisotopic (exact) mass is 476 g/mol. The van der Waals surface area contributed by atoms with Crippen LogP contribution in [0.1, 0.15) is 25.3 Å². The van der Waals surface area contributed by atoms with Gasteiger partial charge in [-0.15, -0.1) is 0 Å². The normalized spacial score (nSPS) is 15.2. The van der Waals surface area contributed by atoms with Gasteiger partial charge in [0.05, 0.1) is 5.69 Å². The number of ether oxygens (including phenoxy) is 1. The highest BCUT2D eigenvalue weighted by Crippen LogP contribution is 2.35. The Morgan fingerprint density at radius 2 is 1.88 bits per heavy atom. The van der Waals surface area contributed by atoms with Crippen molar-refractivity contribution >= 4 is 29.2 Å². The molecule has 2 aromatic carbocycles. The van der Waals surface area contributed by atoms with Crippen LogP contribution >= 0.6 is 11.6 Å². The number of hydrogen-bond donors (Lipinski definition) is 3. The lowest BCUT2D eigenvalue weighted by molar-refractivity contribution is -0.135. The summed E-state index contributed by atoms with van der Waals surface area (Å²) in [4.78, 5) is 25.8. The van der Waals surface area contributed by atoms with Crippen LogP contribution in [0, 0.1) is 11.2 Å². The summed E-state index contributed by atoms with van der Waals surface area (Å²) < 4.78 is 19.0. The van der Waals surface area contributed by atoms with Gasteiger partial charge in [-0.25, -0.2) is 9.18 Å². The number of anilines is 1. The van der Waals surface area contributed by atoms with Crippen molar-refractivity contribution in [3.05, 3.63) is 58.9 Å². The Morgan fingerprint density at radius 1 is 1.18 bits per heavy atom. The topological polar surface area (TPSA) is 96.7 Å². The Kier molecular flexibility index (Phi) is 8.52. The molecule has 1 aliphatic heterocycles. The third-order valence-corrected chi connectivity index (χ3v) is 6.20. The van der Waals surface area contributed by atoms with Crippen molar-refractivity contribution < 1.29 is 18.7 Å². The highest BCUT2D eigenvalue weighted by molar-refractivity contribution is 6.31. The summed E-state index contributed by atoms with van der Waals surface area (Å²) in [6.07, 6.45) is 2.49. The standard InChI is InChI=1S/C24H30ClFN4O3/c1-2-28-16-24(14-17-3-6-19(26)7-4-17)9-11-30(12-10-24)22(31)15-33-21-8-5-18(25)13-20(21)29-23(27)32/h3-8,13,28H,2,9-12,14-16H2,1H3,(H3,27,29,32). The molecule has 0 atom stereocenters. The molecular weight excluding hydrogens is 447 g/mol. The first kappa shape index (κ1) is 24.8. The van der Waals surface area contributed by atoms with Gasteiger partial charge in [0.2, 0.25) is 0 Å². The van der Waals surface area contributed by atoms with E-state index in [-0.39, 0.29) is 23.7 Å². The summed E-state index contributed by atoms with van der Waals surface area (Å²) in [5, 5.41) is 6.31. The predicted octanol–water partition coefficient (Wildman–Crippen LogP) is 3.81. The van der Waals surface area contributed by atoms with E-state index in [1.165, 1.54) is 18.2 Å². The second-order valence-electron chi connectivity index (χ2n) is 8.38. The van der Waals surface area contributed by atoms with Gasteiger partial charge in [-0.05, 0) is 67.1 Å². The number of halogens is 2. The Hall–Kier alpha value is -2.84. The molecule has 1 saturated heterocycles. The largest absolute Gasteiger partial charge is 0.482 e. The van der Waals surface area contributed by atoms with E-state index in [4.69, 9.17) is 22.1 Å². The fourth-order valence-corrected chi connectivity index (χ4v) is 4.33. The van der Waals surface area contributed by atoms with Crippen LogP contribution in [0.5, 0.6) is 5.75 Å². The molecule has 3 rings (SSSR count). The van der Waals surface area contributed by atoms with Gasteiger partial charge in [0.1, 0.15) is 11.6 Å². The molecule has 0 bridgehead atoms. The molecule has 33 heavy (non-hydrogen) atoms. The summed E-state index contributed by atoms with van der Waals surface area (Å²) in [5.74, 6) is -0.0510. The van der Waals surface area contributed by atoms with E-state index in [9.17, 15) is 14.0 Å². The zero-order valence-electron chi connectivity index (χ0n) is 18.7. The molecule has 9 heteroatoms. The van der Waals surface area contributed by atoms with E-state index < -0.39 is 6.03 Å². The molecule has 1 fully saturated rings. The third kappa shape index (κ3) is 7.07. The van der Waals surface area contributed by atoms with E-state index in [0.29, 0.717) is 29.5 Å². The first-order chi connectivity index (χ1) is 15.8. The molecule has 4 N–H and O–H groups in total. The number of nitrogens with one attached hydrogen (secondary N) is 2. The number of rotatable bonds is 9. The predicted molar refractivity (Wildman–Crippen MR) is 127 cm³/mol. The summed E-state index contributed by atoms with van der Waals surface area (Å²) in [6.45, 7) is 4.84. The van der Waals surface area contributed by atoms with Crippen LogP contribution in [0.3, 0.4) is 0 Å². The van der Waals surface area contributed by atoms with E-state index in [2.05, 4.69) is 17.6 Å². The van der Waals surface area contributed by atoms with E-state index in [1.54, 1.807) is 17.0 Å². The van der Waals surface area contributed by atoms with Crippen molar-refractivity contribution in [2.24, 2.45) is 11.1 Å². The zero-order chi connectivity index (χ0) is 23.8.